The Labute approximate surface area is 117 Å². The van der Waals surface area contributed by atoms with E-state index in [-0.39, 0.29) is 12.5 Å². The van der Waals surface area contributed by atoms with Crippen LogP contribution in [0.4, 0.5) is 0 Å². The number of nitrogens with two attached hydrogens (primary N) is 2. The molecule has 6 heteroatoms. The molecule has 1 saturated heterocycles. The minimum absolute atomic E-state index is 0.138. The summed E-state index contributed by atoms with van der Waals surface area (Å²) in [7, 11) is 0. The molecule has 0 bridgehead atoms. The van der Waals surface area contributed by atoms with E-state index < -0.39 is 18.0 Å². The van der Waals surface area contributed by atoms with Crippen LogP contribution < -0.4 is 11.5 Å². The molecule has 1 aliphatic rings. The van der Waals surface area contributed by atoms with Crippen LogP contribution in [0.2, 0.25) is 0 Å². The number of morpholine rings is 1. The lowest BCUT2D eigenvalue weighted by Gasteiger charge is -2.35. The van der Waals surface area contributed by atoms with Gasteiger partial charge in [-0.2, -0.15) is 0 Å². The number of primary amides is 1. The van der Waals surface area contributed by atoms with E-state index in [0.29, 0.717) is 19.6 Å². The van der Waals surface area contributed by atoms with Gasteiger partial charge in [-0.15, -0.1) is 0 Å². The largest absolute Gasteiger partial charge is 0.377 e. The van der Waals surface area contributed by atoms with Gasteiger partial charge in [0, 0.05) is 6.54 Å². The van der Waals surface area contributed by atoms with Crippen LogP contribution in [0.5, 0.6) is 0 Å². The number of rotatable bonds is 4. The van der Waals surface area contributed by atoms with Crippen molar-refractivity contribution in [2.45, 2.75) is 18.5 Å². The van der Waals surface area contributed by atoms with E-state index in [1.54, 1.807) is 0 Å². The molecule has 0 saturated carbocycles. The zero-order valence-electron chi connectivity index (χ0n) is 11.2. The normalized spacial score (nSPS) is 20.4. The van der Waals surface area contributed by atoms with E-state index in [4.69, 9.17) is 16.2 Å². The van der Waals surface area contributed by atoms with Gasteiger partial charge in [0.2, 0.25) is 11.8 Å². The third kappa shape index (κ3) is 3.34. The van der Waals surface area contributed by atoms with E-state index in [1.807, 2.05) is 30.3 Å². The third-order valence-corrected chi connectivity index (χ3v) is 3.36. The van der Waals surface area contributed by atoms with Gasteiger partial charge in [0.1, 0.15) is 6.04 Å². The van der Waals surface area contributed by atoms with Crippen molar-refractivity contribution in [1.29, 1.82) is 0 Å². The molecule has 108 valence electrons. The molecule has 1 heterocycles. The number of hydrogen-bond acceptors (Lipinski definition) is 4. The molecule has 6 nitrogen and oxygen atoms in total. The summed E-state index contributed by atoms with van der Waals surface area (Å²) in [5.74, 6) is -0.828. The topological polar surface area (TPSA) is 98.7 Å². The number of nitrogens with zero attached hydrogens (tertiary/aromatic N) is 1. The van der Waals surface area contributed by atoms with Crippen molar-refractivity contribution in [3.05, 3.63) is 35.9 Å². The Morgan fingerprint density at radius 2 is 2.05 bits per heavy atom. The van der Waals surface area contributed by atoms with Crippen molar-refractivity contribution in [3.8, 4) is 0 Å². The summed E-state index contributed by atoms with van der Waals surface area (Å²) in [6.07, 6.45) is 0.433. The molecule has 1 aromatic rings. The van der Waals surface area contributed by atoms with E-state index in [1.165, 1.54) is 4.90 Å². The number of carbonyl (C=O) groups excluding carboxylic acids is 2. The monoisotopic (exact) mass is 277 g/mol. The van der Waals surface area contributed by atoms with Crippen LogP contribution in [0.1, 0.15) is 5.56 Å². The lowest BCUT2D eigenvalue weighted by molar-refractivity contribution is -0.148. The van der Waals surface area contributed by atoms with Gasteiger partial charge in [0.15, 0.2) is 0 Å². The third-order valence-electron chi connectivity index (χ3n) is 3.36. The molecule has 1 aromatic carbocycles. The molecular weight excluding hydrogens is 258 g/mol. The van der Waals surface area contributed by atoms with Crippen LogP contribution in [0, 0.1) is 0 Å². The fourth-order valence-electron chi connectivity index (χ4n) is 2.27. The SMILES string of the molecule is NC(=O)C1COCCN1C(=O)C(N)Cc1ccccc1. The Kier molecular flexibility index (Phi) is 4.70. The Bertz CT molecular complexity index is 478. The van der Waals surface area contributed by atoms with Crippen LogP contribution >= 0.6 is 0 Å². The van der Waals surface area contributed by atoms with Crippen molar-refractivity contribution >= 4 is 11.8 Å². The van der Waals surface area contributed by atoms with Gasteiger partial charge in [-0.25, -0.2) is 0 Å². The zero-order chi connectivity index (χ0) is 14.5. The zero-order valence-corrected chi connectivity index (χ0v) is 11.2. The fourth-order valence-corrected chi connectivity index (χ4v) is 2.27. The summed E-state index contributed by atoms with van der Waals surface area (Å²) in [5, 5.41) is 0. The predicted octanol–water partition coefficient (Wildman–Crippen LogP) is -0.731. The minimum Gasteiger partial charge on any atom is -0.377 e. The fraction of sp³-hybridized carbons (Fsp3) is 0.429. The molecule has 1 fully saturated rings. The Morgan fingerprint density at radius 1 is 1.35 bits per heavy atom. The second kappa shape index (κ2) is 6.49. The molecule has 2 amide bonds. The second-order valence-corrected chi connectivity index (χ2v) is 4.82. The quantitative estimate of drug-likeness (QED) is 0.758. The van der Waals surface area contributed by atoms with Crippen LogP contribution in [0.25, 0.3) is 0 Å². The van der Waals surface area contributed by atoms with Gasteiger partial charge in [-0.05, 0) is 12.0 Å². The van der Waals surface area contributed by atoms with Gasteiger partial charge in [0.25, 0.3) is 0 Å². The average molecular weight is 277 g/mol. The number of hydrogen-bond donors (Lipinski definition) is 2. The lowest BCUT2D eigenvalue weighted by atomic mass is 10.0. The summed E-state index contributed by atoms with van der Waals surface area (Å²) < 4.78 is 5.19. The number of carbonyl (C=O) groups is 2. The summed E-state index contributed by atoms with van der Waals surface area (Å²) in [6.45, 7) is 0.877. The molecule has 0 radical (unpaired) electrons. The maximum atomic E-state index is 12.4. The van der Waals surface area contributed by atoms with Crippen LogP contribution in [0.3, 0.4) is 0 Å². The van der Waals surface area contributed by atoms with Crippen LogP contribution in [-0.4, -0.2) is 48.6 Å². The molecule has 0 spiro atoms. The highest BCUT2D eigenvalue weighted by atomic mass is 16.5. The lowest BCUT2D eigenvalue weighted by Crippen LogP contribution is -2.58. The van der Waals surface area contributed by atoms with Gasteiger partial charge >= 0.3 is 0 Å². The van der Waals surface area contributed by atoms with Gasteiger partial charge in [-0.1, -0.05) is 30.3 Å². The Balaban J connectivity index is 2.03. The van der Waals surface area contributed by atoms with E-state index in [0.717, 1.165) is 5.56 Å². The Morgan fingerprint density at radius 3 is 2.70 bits per heavy atom. The minimum atomic E-state index is -0.724. The standard InChI is InChI=1S/C14H19N3O3/c15-11(8-10-4-2-1-3-5-10)14(19)17-6-7-20-9-12(17)13(16)18/h1-5,11-12H,6-9,15H2,(H2,16,18). The molecular formula is C14H19N3O3. The molecule has 2 unspecified atom stereocenters. The summed E-state index contributed by atoms with van der Waals surface area (Å²) in [6, 6.07) is 8.12. The molecule has 2 rings (SSSR count). The molecule has 2 atom stereocenters. The second-order valence-electron chi connectivity index (χ2n) is 4.82. The summed E-state index contributed by atoms with van der Waals surface area (Å²) in [4.78, 5) is 25.1. The molecule has 0 aliphatic carbocycles. The first kappa shape index (κ1) is 14.5. The number of amides is 2. The first-order valence-electron chi connectivity index (χ1n) is 6.56. The van der Waals surface area contributed by atoms with E-state index >= 15 is 0 Å². The highest BCUT2D eigenvalue weighted by molar-refractivity contribution is 5.89. The van der Waals surface area contributed by atoms with Crippen molar-refractivity contribution < 1.29 is 14.3 Å². The van der Waals surface area contributed by atoms with Crippen molar-refractivity contribution in [2.75, 3.05) is 19.8 Å². The first-order valence-corrected chi connectivity index (χ1v) is 6.56. The van der Waals surface area contributed by atoms with Gasteiger partial charge < -0.3 is 21.1 Å². The molecule has 4 N–H and O–H groups in total. The first-order chi connectivity index (χ1) is 9.59. The summed E-state index contributed by atoms with van der Waals surface area (Å²) >= 11 is 0. The highest BCUT2D eigenvalue weighted by Gasteiger charge is 2.33. The van der Waals surface area contributed by atoms with Crippen molar-refractivity contribution in [3.63, 3.8) is 0 Å². The van der Waals surface area contributed by atoms with E-state index in [9.17, 15) is 9.59 Å². The Hall–Kier alpha value is -1.92. The van der Waals surface area contributed by atoms with Crippen LogP contribution in [0.15, 0.2) is 30.3 Å². The highest BCUT2D eigenvalue weighted by Crippen LogP contribution is 2.10. The average Bonchev–Trinajstić information content (AvgIpc) is 2.47. The maximum Gasteiger partial charge on any atom is 0.242 e. The van der Waals surface area contributed by atoms with Gasteiger partial charge in [0.05, 0.1) is 19.3 Å². The summed E-state index contributed by atoms with van der Waals surface area (Å²) in [5.41, 5.74) is 12.2. The van der Waals surface area contributed by atoms with Crippen LogP contribution in [-0.2, 0) is 20.7 Å². The molecule has 0 aromatic heterocycles. The van der Waals surface area contributed by atoms with Crippen molar-refractivity contribution in [2.24, 2.45) is 11.5 Å². The van der Waals surface area contributed by atoms with Gasteiger partial charge in [-0.3, -0.25) is 9.59 Å². The molecule has 1 aliphatic heterocycles. The maximum absolute atomic E-state index is 12.4. The number of ether oxygens (including phenoxy) is 1. The number of benzene rings is 1. The smallest absolute Gasteiger partial charge is 0.242 e. The van der Waals surface area contributed by atoms with Crippen molar-refractivity contribution in [1.82, 2.24) is 4.90 Å². The van der Waals surface area contributed by atoms with E-state index in [2.05, 4.69) is 0 Å². The predicted molar refractivity (Wildman–Crippen MR) is 73.6 cm³/mol. The molecule has 20 heavy (non-hydrogen) atoms.